The molecular formula is C16H23N3O2. The summed E-state index contributed by atoms with van der Waals surface area (Å²) in [7, 11) is 4.04. The summed E-state index contributed by atoms with van der Waals surface area (Å²) in [6, 6.07) is 9.66. The van der Waals surface area contributed by atoms with E-state index in [1.807, 2.05) is 32.3 Å². The summed E-state index contributed by atoms with van der Waals surface area (Å²) < 4.78 is 0. The van der Waals surface area contributed by atoms with Gasteiger partial charge in [-0.2, -0.15) is 5.26 Å². The molecule has 0 aliphatic rings. The number of hydrogen-bond donors (Lipinski definition) is 1. The highest BCUT2D eigenvalue weighted by atomic mass is 16.4. The lowest BCUT2D eigenvalue weighted by Gasteiger charge is -2.23. The van der Waals surface area contributed by atoms with Crippen molar-refractivity contribution < 1.29 is 9.90 Å². The van der Waals surface area contributed by atoms with Crippen LogP contribution >= 0.6 is 0 Å². The zero-order valence-electron chi connectivity index (χ0n) is 12.7. The van der Waals surface area contributed by atoms with Gasteiger partial charge in [0.1, 0.15) is 0 Å². The van der Waals surface area contributed by atoms with Gasteiger partial charge in [0, 0.05) is 13.1 Å². The first-order valence-electron chi connectivity index (χ1n) is 7.10. The van der Waals surface area contributed by atoms with Crippen molar-refractivity contribution in [1.29, 1.82) is 5.26 Å². The smallest absolute Gasteiger partial charge is 0.304 e. The molecular weight excluding hydrogens is 266 g/mol. The van der Waals surface area contributed by atoms with E-state index in [4.69, 9.17) is 10.4 Å². The molecule has 0 radical (unpaired) electrons. The second kappa shape index (κ2) is 9.11. The lowest BCUT2D eigenvalue weighted by Crippen LogP contribution is -2.29. The average molecular weight is 289 g/mol. The second-order valence-electron chi connectivity index (χ2n) is 5.35. The maximum absolute atomic E-state index is 10.8. The first kappa shape index (κ1) is 17.2. The largest absolute Gasteiger partial charge is 0.481 e. The van der Waals surface area contributed by atoms with Crippen molar-refractivity contribution in [3.05, 3.63) is 35.4 Å². The van der Waals surface area contributed by atoms with Crippen molar-refractivity contribution in [3.8, 4) is 6.07 Å². The third kappa shape index (κ3) is 6.89. The molecule has 0 bridgehead atoms. The van der Waals surface area contributed by atoms with E-state index in [0.717, 1.165) is 25.1 Å². The van der Waals surface area contributed by atoms with Crippen LogP contribution < -0.4 is 0 Å². The first-order chi connectivity index (χ1) is 10.0. The molecule has 0 amide bonds. The van der Waals surface area contributed by atoms with E-state index in [1.165, 1.54) is 0 Å². The Morgan fingerprint density at radius 1 is 1.24 bits per heavy atom. The number of benzene rings is 1. The second-order valence-corrected chi connectivity index (χ2v) is 5.35. The lowest BCUT2D eigenvalue weighted by molar-refractivity contribution is -0.137. The zero-order chi connectivity index (χ0) is 15.7. The number of nitrogens with zero attached hydrogens (tertiary/aromatic N) is 3. The Balaban J connectivity index is 2.66. The predicted octanol–water partition coefficient (Wildman–Crippen LogP) is 1.79. The fourth-order valence-electron chi connectivity index (χ4n) is 2.14. The molecule has 0 saturated heterocycles. The molecule has 1 aromatic carbocycles. The third-order valence-electron chi connectivity index (χ3n) is 3.25. The van der Waals surface area contributed by atoms with Crippen LogP contribution in [0.2, 0.25) is 0 Å². The number of carboxylic acids is 1. The molecule has 1 aromatic rings. The van der Waals surface area contributed by atoms with Gasteiger partial charge >= 0.3 is 5.97 Å². The quantitative estimate of drug-likeness (QED) is 0.750. The van der Waals surface area contributed by atoms with E-state index in [2.05, 4.69) is 15.9 Å². The molecule has 0 aliphatic carbocycles. The third-order valence-corrected chi connectivity index (χ3v) is 3.25. The first-order valence-corrected chi connectivity index (χ1v) is 7.10. The monoisotopic (exact) mass is 289 g/mol. The van der Waals surface area contributed by atoms with Crippen LogP contribution in [0.15, 0.2) is 24.3 Å². The molecule has 0 spiro atoms. The number of nitriles is 1. The van der Waals surface area contributed by atoms with Crippen LogP contribution in [0.5, 0.6) is 0 Å². The van der Waals surface area contributed by atoms with Gasteiger partial charge in [-0.05, 0) is 45.2 Å². The molecule has 5 nitrogen and oxygen atoms in total. The van der Waals surface area contributed by atoms with Gasteiger partial charge in [-0.15, -0.1) is 0 Å². The minimum absolute atomic E-state index is 0.122. The Morgan fingerprint density at radius 3 is 2.57 bits per heavy atom. The fraction of sp³-hybridized carbons (Fsp3) is 0.500. The standard InChI is InChI=1S/C16H23N3O2/c1-18(2)9-5-10-19(11-8-16(20)21)13-15-7-4-3-6-14(15)12-17/h3-4,6-7H,5,8-11,13H2,1-2H3,(H,20,21). The normalized spacial score (nSPS) is 10.8. The van der Waals surface area contributed by atoms with Crippen molar-refractivity contribution in [2.24, 2.45) is 0 Å². The van der Waals surface area contributed by atoms with Crippen LogP contribution in [0.4, 0.5) is 0 Å². The van der Waals surface area contributed by atoms with Crippen LogP contribution in [0.25, 0.3) is 0 Å². The van der Waals surface area contributed by atoms with Gasteiger partial charge < -0.3 is 10.0 Å². The average Bonchev–Trinajstić information content (AvgIpc) is 2.44. The molecule has 0 atom stereocenters. The predicted molar refractivity (Wildman–Crippen MR) is 81.9 cm³/mol. The summed E-state index contributed by atoms with van der Waals surface area (Å²) in [5.74, 6) is -0.791. The highest BCUT2D eigenvalue weighted by Crippen LogP contribution is 2.11. The molecule has 1 rings (SSSR count). The molecule has 0 saturated carbocycles. The van der Waals surface area contributed by atoms with Crippen molar-refractivity contribution in [3.63, 3.8) is 0 Å². The Kier molecular flexibility index (Phi) is 7.44. The zero-order valence-corrected chi connectivity index (χ0v) is 12.7. The summed E-state index contributed by atoms with van der Waals surface area (Å²) in [6.45, 7) is 2.90. The van der Waals surface area contributed by atoms with Crippen LogP contribution in [0.1, 0.15) is 24.0 Å². The van der Waals surface area contributed by atoms with Crippen molar-refractivity contribution in [2.75, 3.05) is 33.7 Å². The molecule has 114 valence electrons. The highest BCUT2D eigenvalue weighted by Gasteiger charge is 2.11. The Labute approximate surface area is 126 Å². The van der Waals surface area contributed by atoms with Crippen LogP contribution in [0, 0.1) is 11.3 Å². The van der Waals surface area contributed by atoms with Crippen molar-refractivity contribution >= 4 is 5.97 Å². The summed E-state index contributed by atoms with van der Waals surface area (Å²) in [5, 5.41) is 18.0. The van der Waals surface area contributed by atoms with E-state index in [-0.39, 0.29) is 6.42 Å². The van der Waals surface area contributed by atoms with Gasteiger partial charge in [0.05, 0.1) is 18.1 Å². The summed E-state index contributed by atoms with van der Waals surface area (Å²) in [5.41, 5.74) is 1.61. The lowest BCUT2D eigenvalue weighted by atomic mass is 10.1. The molecule has 0 unspecified atom stereocenters. The maximum atomic E-state index is 10.8. The van der Waals surface area contributed by atoms with Gasteiger partial charge in [-0.25, -0.2) is 0 Å². The minimum atomic E-state index is -0.791. The molecule has 0 heterocycles. The summed E-state index contributed by atoms with van der Waals surface area (Å²) in [4.78, 5) is 15.0. The molecule has 21 heavy (non-hydrogen) atoms. The summed E-state index contributed by atoms with van der Waals surface area (Å²) in [6.07, 6.45) is 1.10. The molecule has 0 aromatic heterocycles. The van der Waals surface area contributed by atoms with Gasteiger partial charge in [0.2, 0.25) is 0 Å². The van der Waals surface area contributed by atoms with Gasteiger partial charge in [0.25, 0.3) is 0 Å². The van der Waals surface area contributed by atoms with Crippen LogP contribution in [-0.4, -0.2) is 54.6 Å². The van der Waals surface area contributed by atoms with Crippen LogP contribution in [0.3, 0.4) is 0 Å². The number of carbonyl (C=O) groups is 1. The number of hydrogen-bond acceptors (Lipinski definition) is 4. The Bertz CT molecular complexity index is 495. The Hall–Kier alpha value is -1.90. The van der Waals surface area contributed by atoms with E-state index >= 15 is 0 Å². The Morgan fingerprint density at radius 2 is 1.95 bits per heavy atom. The fourth-order valence-corrected chi connectivity index (χ4v) is 2.14. The highest BCUT2D eigenvalue weighted by molar-refractivity contribution is 5.66. The molecule has 0 aliphatic heterocycles. The maximum Gasteiger partial charge on any atom is 0.304 e. The minimum Gasteiger partial charge on any atom is -0.481 e. The number of aliphatic carboxylic acids is 1. The topological polar surface area (TPSA) is 67.6 Å². The SMILES string of the molecule is CN(C)CCCN(CCC(=O)O)Cc1ccccc1C#N. The van der Waals surface area contributed by atoms with Gasteiger partial charge in [0.15, 0.2) is 0 Å². The summed E-state index contributed by atoms with van der Waals surface area (Å²) >= 11 is 0. The molecule has 5 heteroatoms. The van der Waals surface area contributed by atoms with Crippen molar-refractivity contribution in [1.82, 2.24) is 9.80 Å². The van der Waals surface area contributed by atoms with Gasteiger partial charge in [-0.3, -0.25) is 9.69 Å². The number of carboxylic acid groups (broad SMARTS) is 1. The van der Waals surface area contributed by atoms with E-state index in [9.17, 15) is 4.79 Å². The molecule has 1 N–H and O–H groups in total. The number of rotatable bonds is 9. The van der Waals surface area contributed by atoms with Crippen LogP contribution in [-0.2, 0) is 11.3 Å². The van der Waals surface area contributed by atoms with Gasteiger partial charge in [-0.1, -0.05) is 18.2 Å². The van der Waals surface area contributed by atoms with E-state index in [1.54, 1.807) is 6.07 Å². The van der Waals surface area contributed by atoms with E-state index in [0.29, 0.717) is 18.7 Å². The van der Waals surface area contributed by atoms with E-state index < -0.39 is 5.97 Å². The van der Waals surface area contributed by atoms with Crippen molar-refractivity contribution in [2.45, 2.75) is 19.4 Å². The molecule has 0 fully saturated rings.